The second-order valence-corrected chi connectivity index (χ2v) is 8.06. The van der Waals surface area contributed by atoms with Crippen molar-refractivity contribution >= 4 is 17.5 Å². The predicted octanol–water partition coefficient (Wildman–Crippen LogP) is 4.29. The van der Waals surface area contributed by atoms with Gasteiger partial charge in [-0.25, -0.2) is 4.68 Å². The second-order valence-electron chi connectivity index (χ2n) is 8.06. The van der Waals surface area contributed by atoms with Crippen molar-refractivity contribution in [1.29, 1.82) is 0 Å². The minimum atomic E-state index is -0.194. The number of amides is 2. The average molecular weight is 417 g/mol. The fraction of sp³-hybridized carbons (Fsp3) is 0.320. The van der Waals surface area contributed by atoms with E-state index in [1.807, 2.05) is 48.0 Å². The van der Waals surface area contributed by atoms with E-state index in [1.165, 1.54) is 5.56 Å². The summed E-state index contributed by atoms with van der Waals surface area (Å²) >= 11 is 0. The number of aryl methyl sites for hydroxylation is 1. The number of nitrogens with one attached hydrogen (secondary N) is 1. The molecule has 0 unspecified atom stereocenters. The zero-order chi connectivity index (χ0) is 22.0. The third-order valence-corrected chi connectivity index (χ3v) is 5.81. The van der Waals surface area contributed by atoms with Crippen LogP contribution in [0.4, 0.5) is 5.69 Å². The lowest BCUT2D eigenvalue weighted by molar-refractivity contribution is -0.129. The minimum Gasteiger partial charge on any atom is -0.339 e. The fourth-order valence-electron chi connectivity index (χ4n) is 4.12. The van der Waals surface area contributed by atoms with Crippen LogP contribution in [0.25, 0.3) is 5.69 Å². The first-order chi connectivity index (χ1) is 15.0. The maximum atomic E-state index is 13.1. The maximum absolute atomic E-state index is 13.1. The summed E-state index contributed by atoms with van der Waals surface area (Å²) in [4.78, 5) is 26.6. The number of nitrogens with zero attached hydrogens (tertiary/aromatic N) is 3. The lowest BCUT2D eigenvalue weighted by Gasteiger charge is -2.19. The number of aromatic nitrogens is 2. The number of hydrogen-bond donors (Lipinski definition) is 1. The van der Waals surface area contributed by atoms with Gasteiger partial charge in [-0.3, -0.25) is 9.59 Å². The molecule has 4 rings (SSSR count). The second kappa shape index (κ2) is 8.76. The van der Waals surface area contributed by atoms with Gasteiger partial charge in [0.1, 0.15) is 0 Å². The SMILES string of the molecule is CCN(Cc1cccc(NC(=O)c2nn(-c3ccc(C)cc3)c3c2CCC3)c1)C(C)=O. The smallest absolute Gasteiger partial charge is 0.276 e. The number of hydrogen-bond acceptors (Lipinski definition) is 3. The van der Waals surface area contributed by atoms with E-state index >= 15 is 0 Å². The van der Waals surface area contributed by atoms with Crippen LogP contribution in [0.15, 0.2) is 48.5 Å². The van der Waals surface area contributed by atoms with Crippen molar-refractivity contribution in [3.05, 3.63) is 76.6 Å². The number of carbonyl (C=O) groups excluding carboxylic acids is 2. The highest BCUT2D eigenvalue weighted by Crippen LogP contribution is 2.28. The van der Waals surface area contributed by atoms with Crippen molar-refractivity contribution < 1.29 is 9.59 Å². The Morgan fingerprint density at radius 1 is 1.13 bits per heavy atom. The van der Waals surface area contributed by atoms with E-state index in [-0.39, 0.29) is 11.8 Å². The van der Waals surface area contributed by atoms with Gasteiger partial charge >= 0.3 is 0 Å². The number of benzene rings is 2. The molecule has 1 aliphatic carbocycles. The molecule has 1 heterocycles. The summed E-state index contributed by atoms with van der Waals surface area (Å²) in [5.41, 5.74) is 6.53. The van der Waals surface area contributed by atoms with Gasteiger partial charge in [-0.2, -0.15) is 5.10 Å². The molecule has 0 saturated carbocycles. The van der Waals surface area contributed by atoms with Gasteiger partial charge in [0.05, 0.1) is 5.69 Å². The summed E-state index contributed by atoms with van der Waals surface area (Å²) in [7, 11) is 0. The Labute approximate surface area is 182 Å². The van der Waals surface area contributed by atoms with E-state index < -0.39 is 0 Å². The summed E-state index contributed by atoms with van der Waals surface area (Å²) in [6.45, 7) is 6.75. The standard InChI is InChI=1S/C25H28N4O2/c1-4-28(18(3)30)16-19-7-5-8-20(15-19)26-25(31)24-22-9-6-10-23(22)29(27-24)21-13-11-17(2)12-14-21/h5,7-8,11-15H,4,6,9-10,16H2,1-3H3,(H,26,31). The van der Waals surface area contributed by atoms with Crippen LogP contribution >= 0.6 is 0 Å². The molecule has 6 nitrogen and oxygen atoms in total. The Hall–Kier alpha value is -3.41. The zero-order valence-corrected chi connectivity index (χ0v) is 18.3. The van der Waals surface area contributed by atoms with Gasteiger partial charge in [0.2, 0.25) is 5.91 Å². The molecular weight excluding hydrogens is 388 g/mol. The summed E-state index contributed by atoms with van der Waals surface area (Å²) < 4.78 is 1.92. The molecule has 0 saturated heterocycles. The van der Waals surface area contributed by atoms with Crippen LogP contribution in [0.2, 0.25) is 0 Å². The zero-order valence-electron chi connectivity index (χ0n) is 18.3. The van der Waals surface area contributed by atoms with Gasteiger partial charge in [-0.05, 0) is 62.9 Å². The van der Waals surface area contributed by atoms with Crippen molar-refractivity contribution in [3.8, 4) is 5.69 Å². The quantitative estimate of drug-likeness (QED) is 0.652. The molecule has 6 heteroatoms. The lowest BCUT2D eigenvalue weighted by atomic mass is 10.1. The van der Waals surface area contributed by atoms with Gasteiger partial charge in [0.15, 0.2) is 5.69 Å². The Balaban J connectivity index is 1.57. The molecular formula is C25H28N4O2. The normalized spacial score (nSPS) is 12.5. The lowest BCUT2D eigenvalue weighted by Crippen LogP contribution is -2.27. The van der Waals surface area contributed by atoms with E-state index in [4.69, 9.17) is 0 Å². The maximum Gasteiger partial charge on any atom is 0.276 e. The highest BCUT2D eigenvalue weighted by Gasteiger charge is 2.27. The first-order valence-electron chi connectivity index (χ1n) is 10.8. The molecule has 1 aliphatic rings. The van der Waals surface area contributed by atoms with E-state index in [9.17, 15) is 9.59 Å². The highest BCUT2D eigenvalue weighted by atomic mass is 16.2. The monoisotopic (exact) mass is 416 g/mol. The molecule has 31 heavy (non-hydrogen) atoms. The Kier molecular flexibility index (Phi) is 5.89. The third-order valence-electron chi connectivity index (χ3n) is 5.81. The molecule has 0 atom stereocenters. The molecule has 0 aliphatic heterocycles. The molecule has 1 N–H and O–H groups in total. The molecule has 160 valence electrons. The van der Waals surface area contributed by atoms with Crippen LogP contribution in [0.3, 0.4) is 0 Å². The van der Waals surface area contributed by atoms with Crippen molar-refractivity contribution in [2.45, 2.75) is 46.6 Å². The Bertz CT molecular complexity index is 1120. The van der Waals surface area contributed by atoms with Gasteiger partial charge in [0.25, 0.3) is 5.91 Å². The number of carbonyl (C=O) groups is 2. The van der Waals surface area contributed by atoms with Crippen LogP contribution < -0.4 is 5.32 Å². The first kappa shape index (κ1) is 20.8. The summed E-state index contributed by atoms with van der Waals surface area (Å²) in [5.74, 6) is -0.158. The summed E-state index contributed by atoms with van der Waals surface area (Å²) in [5, 5.41) is 7.69. The van der Waals surface area contributed by atoms with Crippen LogP contribution in [0, 0.1) is 6.92 Å². The number of rotatable bonds is 6. The van der Waals surface area contributed by atoms with Crippen molar-refractivity contribution in [2.24, 2.45) is 0 Å². The number of anilines is 1. The molecule has 2 aromatic carbocycles. The van der Waals surface area contributed by atoms with Crippen LogP contribution in [-0.4, -0.2) is 33.0 Å². The van der Waals surface area contributed by atoms with Crippen molar-refractivity contribution in [2.75, 3.05) is 11.9 Å². The molecule has 2 amide bonds. The topological polar surface area (TPSA) is 67.2 Å². The van der Waals surface area contributed by atoms with E-state index in [2.05, 4.69) is 29.5 Å². The minimum absolute atomic E-state index is 0.0362. The highest BCUT2D eigenvalue weighted by molar-refractivity contribution is 6.04. The van der Waals surface area contributed by atoms with E-state index in [1.54, 1.807) is 11.8 Å². The Morgan fingerprint density at radius 3 is 2.61 bits per heavy atom. The van der Waals surface area contributed by atoms with Crippen LogP contribution in [0.1, 0.15) is 53.1 Å². The van der Waals surface area contributed by atoms with E-state index in [0.717, 1.165) is 41.8 Å². The van der Waals surface area contributed by atoms with Crippen LogP contribution in [0.5, 0.6) is 0 Å². The summed E-state index contributed by atoms with van der Waals surface area (Å²) in [6, 6.07) is 15.8. The van der Waals surface area contributed by atoms with Crippen molar-refractivity contribution in [1.82, 2.24) is 14.7 Å². The Morgan fingerprint density at radius 2 is 1.90 bits per heavy atom. The molecule has 3 aromatic rings. The summed E-state index contributed by atoms with van der Waals surface area (Å²) in [6.07, 6.45) is 2.83. The molecule has 1 aromatic heterocycles. The third kappa shape index (κ3) is 4.38. The number of fused-ring (bicyclic) bond motifs is 1. The largest absolute Gasteiger partial charge is 0.339 e. The fourth-order valence-corrected chi connectivity index (χ4v) is 4.12. The van der Waals surface area contributed by atoms with Crippen LogP contribution in [-0.2, 0) is 24.2 Å². The van der Waals surface area contributed by atoms with Gasteiger partial charge in [0, 0.05) is 37.0 Å². The van der Waals surface area contributed by atoms with Gasteiger partial charge < -0.3 is 10.2 Å². The predicted molar refractivity (Wildman–Crippen MR) is 121 cm³/mol. The molecule has 0 bridgehead atoms. The molecule has 0 spiro atoms. The van der Waals surface area contributed by atoms with Gasteiger partial charge in [-0.1, -0.05) is 29.8 Å². The first-order valence-corrected chi connectivity index (χ1v) is 10.8. The van der Waals surface area contributed by atoms with Crippen molar-refractivity contribution in [3.63, 3.8) is 0 Å². The average Bonchev–Trinajstić information content (AvgIpc) is 3.35. The van der Waals surface area contributed by atoms with E-state index in [0.29, 0.717) is 24.5 Å². The molecule has 0 radical (unpaired) electrons. The van der Waals surface area contributed by atoms with Gasteiger partial charge in [-0.15, -0.1) is 0 Å². The molecule has 0 fully saturated rings.